The van der Waals surface area contributed by atoms with E-state index in [9.17, 15) is 4.79 Å². The summed E-state index contributed by atoms with van der Waals surface area (Å²) < 4.78 is -1.04. The number of carbonyl (C=O) groups is 1. The van der Waals surface area contributed by atoms with Crippen LogP contribution in [0.1, 0.15) is 22.6 Å². The third-order valence-corrected chi connectivity index (χ3v) is 5.07. The van der Waals surface area contributed by atoms with Crippen molar-refractivity contribution in [3.63, 3.8) is 0 Å². The first kappa shape index (κ1) is 15.4. The second kappa shape index (κ2) is 5.60. The maximum absolute atomic E-state index is 12.5. The van der Waals surface area contributed by atoms with E-state index >= 15 is 0 Å². The number of aryl methyl sites for hydroxylation is 2. The van der Waals surface area contributed by atoms with E-state index in [0.717, 1.165) is 22.4 Å². The average molecular weight is 334 g/mol. The highest BCUT2D eigenvalue weighted by Gasteiger charge is 2.67. The largest absolute Gasteiger partial charge is 0.325 e. The van der Waals surface area contributed by atoms with E-state index < -0.39 is 10.3 Å². The molecule has 0 unspecified atom stereocenters. The van der Waals surface area contributed by atoms with Gasteiger partial charge in [-0.05, 0) is 31.0 Å². The summed E-state index contributed by atoms with van der Waals surface area (Å²) in [6.45, 7) is 3.99. The Morgan fingerprint density at radius 1 is 1.09 bits per heavy atom. The monoisotopic (exact) mass is 333 g/mol. The molecule has 0 aliphatic heterocycles. The molecule has 1 fully saturated rings. The first-order valence-electron chi connectivity index (χ1n) is 7.22. The number of alkyl halides is 2. The van der Waals surface area contributed by atoms with Crippen LogP contribution < -0.4 is 5.32 Å². The van der Waals surface area contributed by atoms with Gasteiger partial charge in [0.05, 0.1) is 5.92 Å². The van der Waals surface area contributed by atoms with Crippen LogP contribution in [0.2, 0.25) is 0 Å². The molecule has 1 aliphatic rings. The summed E-state index contributed by atoms with van der Waals surface area (Å²) in [6.07, 6.45) is 0. The Bertz CT molecular complexity index is 712. The minimum Gasteiger partial charge on any atom is -0.325 e. The van der Waals surface area contributed by atoms with Crippen molar-refractivity contribution in [2.45, 2.75) is 24.1 Å². The number of carbonyl (C=O) groups excluding carboxylic acids is 1. The van der Waals surface area contributed by atoms with Crippen LogP contribution in [-0.2, 0) is 4.79 Å². The van der Waals surface area contributed by atoms with Crippen LogP contribution in [0.5, 0.6) is 0 Å². The zero-order chi connectivity index (χ0) is 15.9. The number of benzene rings is 2. The van der Waals surface area contributed by atoms with Crippen molar-refractivity contribution < 1.29 is 4.79 Å². The van der Waals surface area contributed by atoms with Crippen molar-refractivity contribution in [2.75, 3.05) is 5.32 Å². The van der Waals surface area contributed by atoms with E-state index in [-0.39, 0.29) is 11.8 Å². The third kappa shape index (κ3) is 2.73. The number of rotatable bonds is 3. The predicted octanol–water partition coefficient (Wildman–Crippen LogP) is 4.83. The molecule has 0 heterocycles. The lowest BCUT2D eigenvalue weighted by molar-refractivity contribution is -0.117. The second-order valence-corrected chi connectivity index (χ2v) is 7.29. The molecule has 0 radical (unpaired) electrons. The molecule has 0 saturated heterocycles. The molecule has 3 rings (SSSR count). The smallest absolute Gasteiger partial charge is 0.231 e. The number of nitrogens with one attached hydrogen (secondary N) is 1. The Kier molecular flexibility index (Phi) is 3.92. The predicted molar refractivity (Wildman–Crippen MR) is 91.7 cm³/mol. The molecule has 1 N–H and O–H groups in total. The minimum absolute atomic E-state index is 0.134. The molecule has 114 valence electrons. The highest BCUT2D eigenvalue weighted by Crippen LogP contribution is 2.65. The van der Waals surface area contributed by atoms with Crippen LogP contribution in [0.25, 0.3) is 0 Å². The lowest BCUT2D eigenvalue weighted by Gasteiger charge is -2.09. The summed E-state index contributed by atoms with van der Waals surface area (Å²) in [5.74, 6) is -0.729. The van der Waals surface area contributed by atoms with Gasteiger partial charge in [0.1, 0.15) is 4.33 Å². The van der Waals surface area contributed by atoms with Gasteiger partial charge in [-0.1, -0.05) is 48.0 Å². The highest BCUT2D eigenvalue weighted by molar-refractivity contribution is 6.53. The maximum Gasteiger partial charge on any atom is 0.231 e. The first-order chi connectivity index (χ1) is 10.4. The minimum atomic E-state index is -1.04. The molecule has 0 bridgehead atoms. The van der Waals surface area contributed by atoms with Gasteiger partial charge in [0.2, 0.25) is 5.91 Å². The van der Waals surface area contributed by atoms with Crippen LogP contribution in [0.3, 0.4) is 0 Å². The Balaban J connectivity index is 1.78. The molecule has 4 heteroatoms. The lowest BCUT2D eigenvalue weighted by atomic mass is 10.1. The summed E-state index contributed by atoms with van der Waals surface area (Å²) in [7, 11) is 0. The van der Waals surface area contributed by atoms with Gasteiger partial charge in [0.25, 0.3) is 0 Å². The van der Waals surface area contributed by atoms with Crippen LogP contribution in [-0.4, -0.2) is 10.2 Å². The molecule has 2 nitrogen and oxygen atoms in total. The maximum atomic E-state index is 12.5. The summed E-state index contributed by atoms with van der Waals surface area (Å²) >= 11 is 12.7. The van der Waals surface area contributed by atoms with Crippen LogP contribution in [0.15, 0.2) is 48.5 Å². The molecule has 2 atom stereocenters. The zero-order valence-corrected chi connectivity index (χ0v) is 13.9. The molecular weight excluding hydrogens is 317 g/mol. The molecule has 1 saturated carbocycles. The van der Waals surface area contributed by atoms with Crippen molar-refractivity contribution in [1.29, 1.82) is 0 Å². The fourth-order valence-electron chi connectivity index (χ4n) is 2.89. The summed E-state index contributed by atoms with van der Waals surface area (Å²) in [5.41, 5.74) is 3.99. The Morgan fingerprint density at radius 3 is 2.41 bits per heavy atom. The molecule has 2 aromatic carbocycles. The van der Waals surface area contributed by atoms with E-state index in [1.165, 1.54) is 0 Å². The average Bonchev–Trinajstić information content (AvgIpc) is 3.05. The van der Waals surface area contributed by atoms with Crippen molar-refractivity contribution in [3.8, 4) is 0 Å². The number of hydrogen-bond donors (Lipinski definition) is 1. The number of anilines is 1. The van der Waals surface area contributed by atoms with Gasteiger partial charge in [0, 0.05) is 11.6 Å². The Morgan fingerprint density at radius 2 is 1.77 bits per heavy atom. The number of amides is 1. The zero-order valence-electron chi connectivity index (χ0n) is 12.4. The van der Waals surface area contributed by atoms with Crippen molar-refractivity contribution in [3.05, 3.63) is 65.2 Å². The summed E-state index contributed by atoms with van der Waals surface area (Å²) in [5, 5.41) is 2.95. The molecule has 0 spiro atoms. The van der Waals surface area contributed by atoms with Gasteiger partial charge in [-0.2, -0.15) is 0 Å². The van der Waals surface area contributed by atoms with Crippen LogP contribution in [0, 0.1) is 19.8 Å². The van der Waals surface area contributed by atoms with Crippen LogP contribution in [0.4, 0.5) is 5.69 Å². The van der Waals surface area contributed by atoms with Crippen molar-refractivity contribution in [2.24, 2.45) is 5.92 Å². The Labute approximate surface area is 140 Å². The van der Waals surface area contributed by atoms with E-state index in [2.05, 4.69) is 5.32 Å². The second-order valence-electron chi connectivity index (χ2n) is 5.85. The van der Waals surface area contributed by atoms with E-state index in [1.54, 1.807) is 0 Å². The first-order valence-corrected chi connectivity index (χ1v) is 7.97. The quantitative estimate of drug-likeness (QED) is 0.801. The fraction of sp³-hybridized carbons (Fsp3) is 0.278. The van der Waals surface area contributed by atoms with Crippen molar-refractivity contribution >= 4 is 34.8 Å². The highest BCUT2D eigenvalue weighted by atomic mass is 35.5. The SMILES string of the molecule is Cc1ccc(NC(=O)[C@H]2[C@@H](c3ccccc3)C2(Cl)Cl)c(C)c1. The summed E-state index contributed by atoms with van der Waals surface area (Å²) in [4.78, 5) is 12.5. The fourth-order valence-corrected chi connectivity index (χ4v) is 3.72. The number of hydrogen-bond acceptors (Lipinski definition) is 1. The van der Waals surface area contributed by atoms with Gasteiger partial charge >= 0.3 is 0 Å². The molecule has 0 aromatic heterocycles. The molecule has 22 heavy (non-hydrogen) atoms. The standard InChI is InChI=1S/C18H17Cl2NO/c1-11-8-9-14(12(2)10-11)21-17(22)16-15(18(16,19)20)13-6-4-3-5-7-13/h3-10,15-16H,1-2H3,(H,21,22)/t15-,16-/m1/s1. The van der Waals surface area contributed by atoms with Crippen LogP contribution >= 0.6 is 23.2 Å². The van der Waals surface area contributed by atoms with E-state index in [0.29, 0.717) is 0 Å². The van der Waals surface area contributed by atoms with Gasteiger partial charge in [0.15, 0.2) is 0 Å². The van der Waals surface area contributed by atoms with Crippen molar-refractivity contribution in [1.82, 2.24) is 0 Å². The molecular formula is C18H17Cl2NO. The van der Waals surface area contributed by atoms with Gasteiger partial charge in [-0.25, -0.2) is 0 Å². The summed E-state index contributed by atoms with van der Waals surface area (Å²) in [6, 6.07) is 15.6. The molecule has 2 aromatic rings. The van der Waals surface area contributed by atoms with Gasteiger partial charge in [-0.3, -0.25) is 4.79 Å². The Hall–Kier alpha value is -1.51. The van der Waals surface area contributed by atoms with E-state index in [4.69, 9.17) is 23.2 Å². The number of halogens is 2. The third-order valence-electron chi connectivity index (χ3n) is 4.13. The molecule has 1 amide bonds. The molecule has 1 aliphatic carbocycles. The topological polar surface area (TPSA) is 29.1 Å². The lowest BCUT2D eigenvalue weighted by Crippen LogP contribution is -2.17. The van der Waals surface area contributed by atoms with Gasteiger partial charge < -0.3 is 5.32 Å². The normalized spacial score (nSPS) is 22.2. The van der Waals surface area contributed by atoms with E-state index in [1.807, 2.05) is 62.4 Å². The van der Waals surface area contributed by atoms with Gasteiger partial charge in [-0.15, -0.1) is 23.2 Å².